The third-order valence-corrected chi connectivity index (χ3v) is 5.30. The fraction of sp³-hybridized carbons (Fsp3) is 0.0667. The average Bonchev–Trinajstić information content (AvgIpc) is 3.03. The molecule has 1 aromatic carbocycles. The first-order valence-electron chi connectivity index (χ1n) is 6.88. The van der Waals surface area contributed by atoms with E-state index in [-0.39, 0.29) is 5.13 Å². The summed E-state index contributed by atoms with van der Waals surface area (Å²) < 4.78 is 56.4. The van der Waals surface area contributed by atoms with Crippen molar-refractivity contribution in [3.63, 3.8) is 0 Å². The van der Waals surface area contributed by atoms with Crippen LogP contribution in [-0.2, 0) is 10.0 Å². The predicted molar refractivity (Wildman–Crippen MR) is 89.2 cm³/mol. The predicted octanol–water partition coefficient (Wildman–Crippen LogP) is 3.61. The number of hydrogen-bond acceptors (Lipinski definition) is 6. The maximum absolute atomic E-state index is 12.5. The van der Waals surface area contributed by atoms with Crippen LogP contribution in [0.2, 0.25) is 0 Å². The smallest absolute Gasteiger partial charge is 0.387 e. The van der Waals surface area contributed by atoms with Crippen LogP contribution >= 0.6 is 11.3 Å². The Labute approximate surface area is 146 Å². The third-order valence-electron chi connectivity index (χ3n) is 3.04. The lowest BCUT2D eigenvalue weighted by Crippen LogP contribution is -2.15. The Morgan fingerprint density at radius 3 is 2.68 bits per heavy atom. The number of rotatable bonds is 6. The van der Waals surface area contributed by atoms with Gasteiger partial charge in [-0.15, -0.1) is 11.3 Å². The minimum Gasteiger partial charge on any atom is -0.433 e. The molecular weight excluding hydrogens is 372 g/mol. The van der Waals surface area contributed by atoms with E-state index in [2.05, 4.69) is 19.4 Å². The molecule has 10 heteroatoms. The quantitative estimate of drug-likeness (QED) is 0.703. The number of nitrogens with one attached hydrogen (secondary N) is 1. The van der Waals surface area contributed by atoms with Gasteiger partial charge in [-0.25, -0.2) is 13.4 Å². The van der Waals surface area contributed by atoms with Crippen molar-refractivity contribution in [2.24, 2.45) is 0 Å². The second kappa shape index (κ2) is 7.11. The third kappa shape index (κ3) is 4.09. The van der Waals surface area contributed by atoms with Gasteiger partial charge in [-0.2, -0.15) is 8.78 Å². The van der Waals surface area contributed by atoms with Gasteiger partial charge in [0.15, 0.2) is 5.13 Å². The van der Waals surface area contributed by atoms with Crippen LogP contribution in [0.1, 0.15) is 0 Å². The first-order chi connectivity index (χ1) is 12.0. The summed E-state index contributed by atoms with van der Waals surface area (Å²) in [6, 6.07) is 8.67. The van der Waals surface area contributed by atoms with Crippen LogP contribution in [0.5, 0.6) is 5.75 Å². The first-order valence-corrected chi connectivity index (χ1v) is 9.24. The average molecular weight is 383 g/mol. The van der Waals surface area contributed by atoms with E-state index in [0.717, 1.165) is 23.0 Å². The van der Waals surface area contributed by atoms with Gasteiger partial charge in [-0.1, -0.05) is 12.1 Å². The van der Waals surface area contributed by atoms with Crippen LogP contribution in [0.15, 0.2) is 59.1 Å². The molecule has 0 aliphatic heterocycles. The molecule has 130 valence electrons. The highest BCUT2D eigenvalue weighted by molar-refractivity contribution is 7.93. The summed E-state index contributed by atoms with van der Waals surface area (Å²) in [5, 5.41) is 1.77. The molecule has 0 aliphatic carbocycles. The van der Waals surface area contributed by atoms with E-state index in [1.54, 1.807) is 29.9 Å². The molecule has 0 amide bonds. The van der Waals surface area contributed by atoms with Gasteiger partial charge in [0.2, 0.25) is 0 Å². The molecule has 0 aliphatic rings. The molecule has 0 fully saturated rings. The molecule has 2 aromatic heterocycles. The van der Waals surface area contributed by atoms with Crippen molar-refractivity contribution < 1.29 is 21.9 Å². The van der Waals surface area contributed by atoms with Crippen LogP contribution in [-0.4, -0.2) is 25.0 Å². The number of alkyl halides is 2. The van der Waals surface area contributed by atoms with Crippen molar-refractivity contribution in [2.75, 3.05) is 4.72 Å². The van der Waals surface area contributed by atoms with Crippen LogP contribution < -0.4 is 9.46 Å². The van der Waals surface area contributed by atoms with Crippen LogP contribution in [0.4, 0.5) is 13.9 Å². The van der Waals surface area contributed by atoms with Gasteiger partial charge in [0, 0.05) is 23.3 Å². The van der Waals surface area contributed by atoms with Crippen LogP contribution in [0.3, 0.4) is 0 Å². The molecule has 0 saturated carbocycles. The number of pyridine rings is 1. The van der Waals surface area contributed by atoms with Crippen molar-refractivity contribution in [3.05, 3.63) is 54.2 Å². The summed E-state index contributed by atoms with van der Waals surface area (Å²) in [4.78, 5) is 7.76. The van der Waals surface area contributed by atoms with Crippen LogP contribution in [0, 0.1) is 0 Å². The molecule has 0 unspecified atom stereocenters. The number of halogens is 2. The minimum absolute atomic E-state index is 0.103. The van der Waals surface area contributed by atoms with E-state index in [1.165, 1.54) is 18.2 Å². The Morgan fingerprint density at radius 1 is 1.16 bits per heavy atom. The lowest BCUT2D eigenvalue weighted by molar-refractivity contribution is -0.0517. The molecule has 0 bridgehead atoms. The first kappa shape index (κ1) is 17.2. The minimum atomic E-state index is -4.13. The standard InChI is InChI=1S/C15H11F2N3O3S2/c16-14(17)23-12-5-1-2-6-13(12)25(21,22)20-15-19-11(9-24-15)10-4-3-7-18-8-10/h1-9,14H,(H,19,20). The van der Waals surface area contributed by atoms with Gasteiger partial charge in [-0.3, -0.25) is 9.71 Å². The van der Waals surface area contributed by atoms with Crippen molar-refractivity contribution in [1.29, 1.82) is 0 Å². The van der Waals surface area contributed by atoms with Gasteiger partial charge in [-0.05, 0) is 24.3 Å². The van der Waals surface area contributed by atoms with E-state index in [0.29, 0.717) is 5.69 Å². The second-order valence-corrected chi connectivity index (χ2v) is 7.22. The zero-order valence-electron chi connectivity index (χ0n) is 12.5. The molecule has 0 saturated heterocycles. The zero-order valence-corrected chi connectivity index (χ0v) is 14.1. The monoisotopic (exact) mass is 383 g/mol. The number of nitrogens with zero attached hydrogens (tertiary/aromatic N) is 2. The van der Waals surface area contributed by atoms with Crippen molar-refractivity contribution in [3.8, 4) is 17.0 Å². The van der Waals surface area contributed by atoms with Crippen molar-refractivity contribution in [1.82, 2.24) is 9.97 Å². The van der Waals surface area contributed by atoms with Gasteiger partial charge in [0.05, 0.1) is 5.69 Å². The Kier molecular flexibility index (Phi) is 4.91. The highest BCUT2D eigenvalue weighted by Crippen LogP contribution is 2.29. The van der Waals surface area contributed by atoms with Crippen molar-refractivity contribution >= 4 is 26.5 Å². The molecule has 2 heterocycles. The number of benzene rings is 1. The lowest BCUT2D eigenvalue weighted by atomic mass is 10.2. The summed E-state index contributed by atoms with van der Waals surface area (Å²) in [5.74, 6) is -0.436. The maximum Gasteiger partial charge on any atom is 0.387 e. The van der Waals surface area contributed by atoms with Gasteiger partial charge < -0.3 is 4.74 Å². The fourth-order valence-corrected chi connectivity index (χ4v) is 4.11. The number of thiazole rings is 1. The zero-order chi connectivity index (χ0) is 17.9. The molecule has 6 nitrogen and oxygen atoms in total. The second-order valence-electron chi connectivity index (χ2n) is 4.71. The molecule has 25 heavy (non-hydrogen) atoms. The summed E-state index contributed by atoms with van der Waals surface area (Å²) in [6.45, 7) is -3.13. The molecule has 3 aromatic rings. The summed E-state index contributed by atoms with van der Waals surface area (Å²) >= 11 is 1.07. The van der Waals surface area contributed by atoms with Gasteiger partial charge >= 0.3 is 6.61 Å². The topological polar surface area (TPSA) is 81.2 Å². The van der Waals surface area contributed by atoms with Crippen LogP contribution in [0.25, 0.3) is 11.3 Å². The van der Waals surface area contributed by atoms with E-state index in [4.69, 9.17) is 0 Å². The number of para-hydroxylation sites is 1. The molecular formula is C15H11F2N3O3S2. The van der Waals surface area contributed by atoms with E-state index in [1.807, 2.05) is 0 Å². The highest BCUT2D eigenvalue weighted by atomic mass is 32.2. The summed E-state index contributed by atoms with van der Waals surface area (Å²) in [7, 11) is -4.13. The number of hydrogen-bond donors (Lipinski definition) is 1. The molecule has 0 atom stereocenters. The maximum atomic E-state index is 12.5. The fourth-order valence-electron chi connectivity index (χ4n) is 2.00. The Hall–Kier alpha value is -2.59. The van der Waals surface area contributed by atoms with Crippen molar-refractivity contribution in [2.45, 2.75) is 11.5 Å². The number of ether oxygens (including phenoxy) is 1. The molecule has 0 radical (unpaired) electrons. The Morgan fingerprint density at radius 2 is 1.96 bits per heavy atom. The molecule has 1 N–H and O–H groups in total. The molecule has 0 spiro atoms. The lowest BCUT2D eigenvalue weighted by Gasteiger charge is -2.11. The highest BCUT2D eigenvalue weighted by Gasteiger charge is 2.22. The van der Waals surface area contributed by atoms with E-state index in [9.17, 15) is 17.2 Å². The number of aromatic nitrogens is 2. The SMILES string of the molecule is O=S(=O)(Nc1nc(-c2cccnc2)cs1)c1ccccc1OC(F)F. The van der Waals surface area contributed by atoms with E-state index < -0.39 is 27.3 Å². The summed E-state index contributed by atoms with van der Waals surface area (Å²) in [5.41, 5.74) is 1.28. The van der Waals surface area contributed by atoms with Gasteiger partial charge in [0.25, 0.3) is 10.0 Å². The van der Waals surface area contributed by atoms with E-state index >= 15 is 0 Å². The molecule has 3 rings (SSSR count). The largest absolute Gasteiger partial charge is 0.433 e. The summed E-state index contributed by atoms with van der Waals surface area (Å²) in [6.07, 6.45) is 3.21. The Bertz CT molecular complexity index is 963. The number of anilines is 1. The normalized spacial score (nSPS) is 11.5. The van der Waals surface area contributed by atoms with Gasteiger partial charge in [0.1, 0.15) is 10.6 Å². The number of sulfonamides is 1. The Balaban J connectivity index is 1.87.